The molecule has 0 saturated heterocycles. The van der Waals surface area contributed by atoms with E-state index in [1.807, 2.05) is 0 Å². The van der Waals surface area contributed by atoms with Crippen molar-refractivity contribution in [3.05, 3.63) is 22.9 Å². The molecule has 0 fully saturated rings. The van der Waals surface area contributed by atoms with Crippen LogP contribution < -0.4 is 10.6 Å². The quantitative estimate of drug-likeness (QED) is 0.780. The molecule has 0 saturated carbocycles. The summed E-state index contributed by atoms with van der Waals surface area (Å²) < 4.78 is 0.638. The standard InChI is InChI=1S/C8H10BrN3O/c1-10-5-7(13)12-6-3-2-4-11-8(6)9/h2-4,10H,5H2,1H3,(H,12,13). The van der Waals surface area contributed by atoms with Gasteiger partial charge in [-0.3, -0.25) is 4.79 Å². The number of anilines is 1. The second-order valence-corrected chi connectivity index (χ2v) is 3.17. The summed E-state index contributed by atoms with van der Waals surface area (Å²) in [5.74, 6) is -0.0869. The molecule has 0 bridgehead atoms. The zero-order valence-electron chi connectivity index (χ0n) is 7.17. The van der Waals surface area contributed by atoms with E-state index in [9.17, 15) is 4.79 Å². The number of halogens is 1. The molecule has 2 N–H and O–H groups in total. The lowest BCUT2D eigenvalue weighted by Gasteiger charge is -2.05. The first-order valence-electron chi connectivity index (χ1n) is 3.79. The third-order valence-electron chi connectivity index (χ3n) is 1.37. The SMILES string of the molecule is CNCC(=O)Nc1cccnc1Br. The molecule has 1 heterocycles. The largest absolute Gasteiger partial charge is 0.323 e. The van der Waals surface area contributed by atoms with Crippen molar-refractivity contribution in [2.75, 3.05) is 18.9 Å². The molecule has 0 unspecified atom stereocenters. The molecule has 1 rings (SSSR count). The van der Waals surface area contributed by atoms with Gasteiger partial charge in [0.1, 0.15) is 4.60 Å². The van der Waals surface area contributed by atoms with Gasteiger partial charge < -0.3 is 10.6 Å². The Labute approximate surface area is 84.9 Å². The van der Waals surface area contributed by atoms with Crippen molar-refractivity contribution in [1.82, 2.24) is 10.3 Å². The lowest BCUT2D eigenvalue weighted by molar-refractivity contribution is -0.115. The summed E-state index contributed by atoms with van der Waals surface area (Å²) in [6, 6.07) is 3.55. The van der Waals surface area contributed by atoms with Crippen LogP contribution in [0, 0.1) is 0 Å². The molecule has 0 aliphatic carbocycles. The molecule has 1 aromatic rings. The number of carbonyl (C=O) groups excluding carboxylic acids is 1. The molecule has 5 heteroatoms. The number of aromatic nitrogens is 1. The van der Waals surface area contributed by atoms with Crippen LogP contribution in [0.3, 0.4) is 0 Å². The van der Waals surface area contributed by atoms with Gasteiger partial charge in [-0.05, 0) is 35.1 Å². The van der Waals surface area contributed by atoms with Gasteiger partial charge in [0.15, 0.2) is 0 Å². The fourth-order valence-corrected chi connectivity index (χ4v) is 1.18. The van der Waals surface area contributed by atoms with Crippen LogP contribution in [0.2, 0.25) is 0 Å². The Hall–Kier alpha value is -0.940. The number of nitrogens with one attached hydrogen (secondary N) is 2. The topological polar surface area (TPSA) is 54.0 Å². The van der Waals surface area contributed by atoms with Gasteiger partial charge in [-0.1, -0.05) is 0 Å². The second kappa shape index (κ2) is 4.94. The zero-order valence-corrected chi connectivity index (χ0v) is 8.76. The molecule has 0 spiro atoms. The van der Waals surface area contributed by atoms with E-state index >= 15 is 0 Å². The highest BCUT2D eigenvalue weighted by Gasteiger charge is 2.03. The molecule has 0 aromatic carbocycles. The van der Waals surface area contributed by atoms with Crippen molar-refractivity contribution in [2.24, 2.45) is 0 Å². The summed E-state index contributed by atoms with van der Waals surface area (Å²) in [6.07, 6.45) is 1.65. The van der Waals surface area contributed by atoms with Gasteiger partial charge in [-0.15, -0.1) is 0 Å². The van der Waals surface area contributed by atoms with Crippen LogP contribution in [0.5, 0.6) is 0 Å². The normalized spacial score (nSPS) is 9.69. The fraction of sp³-hybridized carbons (Fsp3) is 0.250. The van der Waals surface area contributed by atoms with E-state index in [1.165, 1.54) is 0 Å². The number of nitrogens with zero attached hydrogens (tertiary/aromatic N) is 1. The maximum absolute atomic E-state index is 11.1. The first-order valence-corrected chi connectivity index (χ1v) is 4.58. The van der Waals surface area contributed by atoms with Crippen LogP contribution in [0.25, 0.3) is 0 Å². The van der Waals surface area contributed by atoms with Crippen molar-refractivity contribution < 1.29 is 4.79 Å². The first kappa shape index (κ1) is 10.1. The highest BCUT2D eigenvalue weighted by molar-refractivity contribution is 9.10. The smallest absolute Gasteiger partial charge is 0.238 e. The minimum atomic E-state index is -0.0869. The van der Waals surface area contributed by atoms with E-state index < -0.39 is 0 Å². The summed E-state index contributed by atoms with van der Waals surface area (Å²) in [5.41, 5.74) is 0.683. The van der Waals surface area contributed by atoms with Crippen LogP contribution >= 0.6 is 15.9 Å². The molecule has 4 nitrogen and oxygen atoms in total. The molecule has 0 aliphatic rings. The minimum absolute atomic E-state index is 0.0869. The van der Waals surface area contributed by atoms with E-state index in [0.29, 0.717) is 16.8 Å². The Morgan fingerprint density at radius 1 is 1.69 bits per heavy atom. The number of carbonyl (C=O) groups is 1. The van der Waals surface area contributed by atoms with E-state index in [2.05, 4.69) is 31.5 Å². The summed E-state index contributed by atoms with van der Waals surface area (Å²) in [7, 11) is 1.72. The number of likely N-dealkylation sites (N-methyl/N-ethyl adjacent to an activating group) is 1. The molecular weight excluding hydrogens is 234 g/mol. The Kier molecular flexibility index (Phi) is 3.85. The van der Waals surface area contributed by atoms with Gasteiger partial charge >= 0.3 is 0 Å². The summed E-state index contributed by atoms with van der Waals surface area (Å²) in [4.78, 5) is 15.1. The lowest BCUT2D eigenvalue weighted by Crippen LogP contribution is -2.25. The number of amides is 1. The second-order valence-electron chi connectivity index (χ2n) is 2.42. The summed E-state index contributed by atoms with van der Waals surface area (Å²) in [5, 5.41) is 5.46. The van der Waals surface area contributed by atoms with Crippen molar-refractivity contribution in [2.45, 2.75) is 0 Å². The lowest BCUT2D eigenvalue weighted by atomic mass is 10.4. The maximum Gasteiger partial charge on any atom is 0.238 e. The monoisotopic (exact) mass is 243 g/mol. The highest BCUT2D eigenvalue weighted by Crippen LogP contribution is 2.17. The Morgan fingerprint density at radius 3 is 3.08 bits per heavy atom. The molecule has 1 aromatic heterocycles. The van der Waals surface area contributed by atoms with E-state index in [0.717, 1.165) is 0 Å². The van der Waals surface area contributed by atoms with E-state index in [4.69, 9.17) is 0 Å². The molecular formula is C8H10BrN3O. The predicted molar refractivity (Wildman–Crippen MR) is 54.5 cm³/mol. The van der Waals surface area contributed by atoms with Crippen LogP contribution in [-0.4, -0.2) is 24.5 Å². The van der Waals surface area contributed by atoms with Crippen molar-refractivity contribution in [1.29, 1.82) is 0 Å². The number of hydrogen-bond donors (Lipinski definition) is 2. The fourth-order valence-electron chi connectivity index (χ4n) is 0.834. The van der Waals surface area contributed by atoms with Crippen LogP contribution in [-0.2, 0) is 4.79 Å². The molecule has 70 valence electrons. The molecule has 0 radical (unpaired) electrons. The summed E-state index contributed by atoms with van der Waals surface area (Å²) in [6.45, 7) is 0.293. The van der Waals surface area contributed by atoms with Gasteiger partial charge in [0.2, 0.25) is 5.91 Å². The van der Waals surface area contributed by atoms with Gasteiger partial charge in [-0.2, -0.15) is 0 Å². The van der Waals surface area contributed by atoms with Crippen molar-refractivity contribution >= 4 is 27.5 Å². The first-order chi connectivity index (χ1) is 6.24. The highest BCUT2D eigenvalue weighted by atomic mass is 79.9. The van der Waals surface area contributed by atoms with Crippen LogP contribution in [0.15, 0.2) is 22.9 Å². The van der Waals surface area contributed by atoms with Crippen molar-refractivity contribution in [3.8, 4) is 0 Å². The Bertz CT molecular complexity index is 303. The third kappa shape index (κ3) is 3.12. The number of hydrogen-bond acceptors (Lipinski definition) is 3. The van der Waals surface area contributed by atoms with E-state index in [1.54, 1.807) is 25.4 Å². The number of rotatable bonds is 3. The molecule has 1 amide bonds. The summed E-state index contributed by atoms with van der Waals surface area (Å²) >= 11 is 3.23. The van der Waals surface area contributed by atoms with Gasteiger partial charge in [0, 0.05) is 6.20 Å². The minimum Gasteiger partial charge on any atom is -0.323 e. The van der Waals surface area contributed by atoms with Gasteiger partial charge in [-0.25, -0.2) is 4.98 Å². The van der Waals surface area contributed by atoms with Crippen LogP contribution in [0.4, 0.5) is 5.69 Å². The molecule has 0 aliphatic heterocycles. The van der Waals surface area contributed by atoms with Gasteiger partial charge in [0.25, 0.3) is 0 Å². The zero-order chi connectivity index (χ0) is 9.68. The average Bonchev–Trinajstić information content (AvgIpc) is 2.09. The average molecular weight is 244 g/mol. The van der Waals surface area contributed by atoms with Gasteiger partial charge in [0.05, 0.1) is 12.2 Å². The Morgan fingerprint density at radius 2 is 2.46 bits per heavy atom. The molecule has 0 atom stereocenters. The van der Waals surface area contributed by atoms with E-state index in [-0.39, 0.29) is 5.91 Å². The predicted octanol–water partition coefficient (Wildman–Crippen LogP) is 1.00. The Balaban J connectivity index is 2.63. The number of pyridine rings is 1. The van der Waals surface area contributed by atoms with Crippen LogP contribution in [0.1, 0.15) is 0 Å². The maximum atomic E-state index is 11.1. The molecule has 13 heavy (non-hydrogen) atoms. The van der Waals surface area contributed by atoms with Crippen molar-refractivity contribution in [3.63, 3.8) is 0 Å². The third-order valence-corrected chi connectivity index (χ3v) is 2.00.